The quantitative estimate of drug-likeness (QED) is 0.791. The summed E-state index contributed by atoms with van der Waals surface area (Å²) in [4.78, 5) is 24.4. The molecule has 0 heterocycles. The van der Waals surface area contributed by atoms with E-state index in [9.17, 15) is 9.59 Å². The highest BCUT2D eigenvalue weighted by Crippen LogP contribution is 2.22. The predicted molar refractivity (Wildman–Crippen MR) is 104 cm³/mol. The van der Waals surface area contributed by atoms with Crippen LogP contribution in [0.4, 0.5) is 5.69 Å². The normalized spacial score (nSPS) is 14.0. The van der Waals surface area contributed by atoms with Crippen molar-refractivity contribution in [1.82, 2.24) is 0 Å². The van der Waals surface area contributed by atoms with Crippen LogP contribution in [0.5, 0.6) is 5.75 Å². The average molecular weight is 367 g/mol. The van der Waals surface area contributed by atoms with Crippen LogP contribution in [0.2, 0.25) is 0 Å². The number of benzene rings is 2. The molecule has 0 aromatic heterocycles. The highest BCUT2D eigenvalue weighted by atomic mass is 16.5. The van der Waals surface area contributed by atoms with Crippen molar-refractivity contribution < 1.29 is 19.1 Å². The van der Waals surface area contributed by atoms with Gasteiger partial charge in [-0.15, -0.1) is 0 Å². The van der Waals surface area contributed by atoms with Gasteiger partial charge in [0.2, 0.25) is 0 Å². The van der Waals surface area contributed by atoms with Gasteiger partial charge in [0.05, 0.1) is 13.5 Å². The van der Waals surface area contributed by atoms with E-state index in [0.717, 1.165) is 18.4 Å². The summed E-state index contributed by atoms with van der Waals surface area (Å²) in [7, 11) is 1.58. The van der Waals surface area contributed by atoms with E-state index in [4.69, 9.17) is 9.47 Å². The fraction of sp³-hybridized carbons (Fsp3) is 0.364. The first-order valence-corrected chi connectivity index (χ1v) is 9.30. The molecule has 0 saturated heterocycles. The smallest absolute Gasteiger partial charge is 0.311 e. The number of amides is 1. The minimum absolute atomic E-state index is 0.174. The Labute approximate surface area is 159 Å². The number of hydrogen-bond donors (Lipinski definition) is 1. The molecule has 5 nitrogen and oxygen atoms in total. The molecule has 1 aliphatic rings. The van der Waals surface area contributed by atoms with E-state index in [0.29, 0.717) is 11.4 Å². The number of anilines is 1. The molecule has 1 amide bonds. The standard InChI is InChI=1S/C22H25NO4/c1-15(22(25)23-19-9-11-20(26-2)12-10-19)27-21(24)14-16-7-8-17-5-3-4-6-18(17)13-16/h7-13,15H,3-6,14H2,1-2H3,(H,23,25)/t15-/m1/s1. The Morgan fingerprint density at radius 3 is 2.44 bits per heavy atom. The van der Waals surface area contributed by atoms with Gasteiger partial charge in [-0.3, -0.25) is 9.59 Å². The molecule has 0 radical (unpaired) electrons. The van der Waals surface area contributed by atoms with E-state index in [-0.39, 0.29) is 12.3 Å². The van der Waals surface area contributed by atoms with Gasteiger partial charge < -0.3 is 14.8 Å². The molecule has 0 fully saturated rings. The number of ether oxygens (including phenoxy) is 2. The third-order valence-electron chi connectivity index (χ3n) is 4.80. The zero-order valence-corrected chi connectivity index (χ0v) is 15.8. The first kappa shape index (κ1) is 19.0. The summed E-state index contributed by atoms with van der Waals surface area (Å²) in [5, 5.41) is 2.73. The van der Waals surface area contributed by atoms with Gasteiger partial charge >= 0.3 is 5.97 Å². The Kier molecular flexibility index (Phi) is 6.12. The number of aryl methyl sites for hydroxylation is 2. The Hall–Kier alpha value is -2.82. The third-order valence-corrected chi connectivity index (χ3v) is 4.80. The van der Waals surface area contributed by atoms with Crippen LogP contribution >= 0.6 is 0 Å². The molecule has 0 saturated carbocycles. The van der Waals surface area contributed by atoms with Gasteiger partial charge in [-0.1, -0.05) is 18.2 Å². The molecule has 0 aliphatic heterocycles. The number of methoxy groups -OCH3 is 1. The number of carbonyl (C=O) groups is 2. The largest absolute Gasteiger partial charge is 0.497 e. The maximum atomic E-state index is 12.2. The summed E-state index contributed by atoms with van der Waals surface area (Å²) in [5.41, 5.74) is 4.27. The monoisotopic (exact) mass is 367 g/mol. The van der Waals surface area contributed by atoms with Crippen LogP contribution in [-0.4, -0.2) is 25.1 Å². The lowest BCUT2D eigenvalue weighted by atomic mass is 9.90. The highest BCUT2D eigenvalue weighted by Gasteiger charge is 2.19. The molecule has 1 N–H and O–H groups in total. The molecule has 2 aromatic carbocycles. The summed E-state index contributed by atoms with van der Waals surface area (Å²) in [6.07, 6.45) is 3.92. The Balaban J connectivity index is 1.52. The SMILES string of the molecule is COc1ccc(NC(=O)[C@@H](C)OC(=O)Cc2ccc3c(c2)CCCC3)cc1. The van der Waals surface area contributed by atoms with Crippen molar-refractivity contribution in [1.29, 1.82) is 0 Å². The molecule has 0 spiro atoms. The van der Waals surface area contributed by atoms with Crippen LogP contribution in [0.15, 0.2) is 42.5 Å². The number of esters is 1. The second kappa shape index (κ2) is 8.71. The third kappa shape index (κ3) is 5.09. The summed E-state index contributed by atoms with van der Waals surface area (Å²) in [6, 6.07) is 13.2. The lowest BCUT2D eigenvalue weighted by Crippen LogP contribution is -2.30. The van der Waals surface area contributed by atoms with Gasteiger partial charge in [0.1, 0.15) is 5.75 Å². The predicted octanol–water partition coefficient (Wildman–Crippen LogP) is 3.69. The van der Waals surface area contributed by atoms with Crippen molar-refractivity contribution in [2.45, 2.75) is 45.1 Å². The molecule has 5 heteroatoms. The summed E-state index contributed by atoms with van der Waals surface area (Å²) in [5.74, 6) is -0.0559. The van der Waals surface area contributed by atoms with Gasteiger partial charge in [0.25, 0.3) is 5.91 Å². The van der Waals surface area contributed by atoms with E-state index in [1.54, 1.807) is 38.3 Å². The molecular formula is C22H25NO4. The molecule has 27 heavy (non-hydrogen) atoms. The second-order valence-corrected chi connectivity index (χ2v) is 6.84. The highest BCUT2D eigenvalue weighted by molar-refractivity contribution is 5.95. The first-order chi connectivity index (χ1) is 13.0. The van der Waals surface area contributed by atoms with E-state index in [2.05, 4.69) is 17.4 Å². The number of nitrogens with one attached hydrogen (secondary N) is 1. The van der Waals surface area contributed by atoms with Crippen LogP contribution in [0.1, 0.15) is 36.5 Å². The second-order valence-electron chi connectivity index (χ2n) is 6.84. The fourth-order valence-electron chi connectivity index (χ4n) is 3.27. The zero-order valence-electron chi connectivity index (χ0n) is 15.8. The van der Waals surface area contributed by atoms with Crippen molar-refractivity contribution in [2.75, 3.05) is 12.4 Å². The maximum Gasteiger partial charge on any atom is 0.311 e. The molecule has 0 bridgehead atoms. The molecular weight excluding hydrogens is 342 g/mol. The topological polar surface area (TPSA) is 64.6 Å². The summed E-state index contributed by atoms with van der Waals surface area (Å²) < 4.78 is 10.4. The molecule has 2 aromatic rings. The Bertz CT molecular complexity index is 814. The molecule has 0 unspecified atom stereocenters. The lowest BCUT2D eigenvalue weighted by molar-refractivity contribution is -0.152. The van der Waals surface area contributed by atoms with Gasteiger partial charge in [-0.2, -0.15) is 0 Å². The van der Waals surface area contributed by atoms with Crippen molar-refractivity contribution in [3.05, 3.63) is 59.2 Å². The summed E-state index contributed by atoms with van der Waals surface area (Å²) in [6.45, 7) is 1.57. The zero-order chi connectivity index (χ0) is 19.2. The minimum Gasteiger partial charge on any atom is -0.497 e. The van der Waals surface area contributed by atoms with Crippen molar-refractivity contribution in [3.63, 3.8) is 0 Å². The number of fused-ring (bicyclic) bond motifs is 1. The fourth-order valence-corrected chi connectivity index (χ4v) is 3.27. The maximum absolute atomic E-state index is 12.2. The molecule has 1 atom stereocenters. The average Bonchev–Trinajstić information content (AvgIpc) is 2.68. The molecule has 3 rings (SSSR count). The molecule has 1 aliphatic carbocycles. The Morgan fingerprint density at radius 1 is 1.04 bits per heavy atom. The van der Waals surface area contributed by atoms with Crippen molar-refractivity contribution in [3.8, 4) is 5.75 Å². The van der Waals surface area contributed by atoms with Gasteiger partial charge in [-0.25, -0.2) is 0 Å². The summed E-state index contributed by atoms with van der Waals surface area (Å²) >= 11 is 0. The van der Waals surface area contributed by atoms with E-state index in [1.807, 2.05) is 6.07 Å². The van der Waals surface area contributed by atoms with E-state index >= 15 is 0 Å². The van der Waals surface area contributed by atoms with Crippen LogP contribution < -0.4 is 10.1 Å². The van der Waals surface area contributed by atoms with Crippen molar-refractivity contribution >= 4 is 17.6 Å². The van der Waals surface area contributed by atoms with E-state index < -0.39 is 12.1 Å². The molecule has 142 valence electrons. The van der Waals surface area contributed by atoms with Gasteiger partial charge in [0, 0.05) is 5.69 Å². The van der Waals surface area contributed by atoms with Crippen LogP contribution in [-0.2, 0) is 33.6 Å². The van der Waals surface area contributed by atoms with Gasteiger partial charge in [-0.05, 0) is 73.6 Å². The lowest BCUT2D eigenvalue weighted by Gasteiger charge is -2.17. The number of rotatable bonds is 6. The minimum atomic E-state index is -0.864. The number of hydrogen-bond acceptors (Lipinski definition) is 4. The number of carbonyl (C=O) groups excluding carboxylic acids is 2. The Morgan fingerprint density at radius 2 is 1.74 bits per heavy atom. The van der Waals surface area contributed by atoms with E-state index in [1.165, 1.54) is 24.0 Å². The van der Waals surface area contributed by atoms with Crippen LogP contribution in [0, 0.1) is 0 Å². The first-order valence-electron chi connectivity index (χ1n) is 9.30. The van der Waals surface area contributed by atoms with Crippen LogP contribution in [0.25, 0.3) is 0 Å². The van der Waals surface area contributed by atoms with Crippen LogP contribution in [0.3, 0.4) is 0 Å². The van der Waals surface area contributed by atoms with Gasteiger partial charge in [0.15, 0.2) is 6.10 Å². The van der Waals surface area contributed by atoms with Crippen molar-refractivity contribution in [2.24, 2.45) is 0 Å².